The average Bonchev–Trinajstić information content (AvgIpc) is 3.45. The first-order valence-corrected chi connectivity index (χ1v) is 13.8. The van der Waals surface area contributed by atoms with E-state index in [0.29, 0.717) is 5.56 Å². The predicted molar refractivity (Wildman–Crippen MR) is 152 cm³/mol. The maximum Gasteiger partial charge on any atom is 0.251 e. The van der Waals surface area contributed by atoms with Gasteiger partial charge in [-0.25, -0.2) is 9.98 Å². The number of nitrogens with one attached hydrogen (secondary N) is 2. The summed E-state index contributed by atoms with van der Waals surface area (Å²) in [6.45, 7) is 12.1. The molecule has 2 unspecified atom stereocenters. The number of carbonyl (C=O) groups is 3. The molecule has 13 nitrogen and oxygen atoms in total. The van der Waals surface area contributed by atoms with Crippen molar-refractivity contribution in [3.8, 4) is 0 Å². The highest BCUT2D eigenvalue weighted by Gasteiger charge is 2.73. The van der Waals surface area contributed by atoms with Crippen LogP contribution in [0, 0.1) is 0 Å². The van der Waals surface area contributed by atoms with Gasteiger partial charge in [0.2, 0.25) is 17.6 Å². The van der Waals surface area contributed by atoms with Crippen molar-refractivity contribution in [2.24, 2.45) is 21.5 Å². The second-order valence-corrected chi connectivity index (χ2v) is 13.5. The third-order valence-corrected chi connectivity index (χ3v) is 8.56. The van der Waals surface area contributed by atoms with Crippen LogP contribution in [0.15, 0.2) is 28.2 Å². The maximum atomic E-state index is 13.7. The Labute approximate surface area is 239 Å². The second kappa shape index (κ2) is 9.15. The number of rotatable bonds is 4. The quantitative estimate of drug-likeness (QED) is 0.199. The first kappa shape index (κ1) is 28.8. The lowest BCUT2D eigenvalue weighted by Crippen LogP contribution is -2.78. The zero-order chi connectivity index (χ0) is 30.3. The van der Waals surface area contributed by atoms with Crippen LogP contribution in [0.1, 0.15) is 75.9 Å². The van der Waals surface area contributed by atoms with Crippen LogP contribution >= 0.6 is 0 Å². The molecule has 222 valence electrons. The first-order chi connectivity index (χ1) is 18.9. The molecule has 5 rings (SSSR count). The van der Waals surface area contributed by atoms with Crippen molar-refractivity contribution in [1.29, 1.82) is 0 Å². The minimum Gasteiger partial charge on any atom is -0.370 e. The van der Waals surface area contributed by atoms with Crippen LogP contribution in [0.3, 0.4) is 0 Å². The minimum atomic E-state index is -2.63. The number of aliphatic hydroxyl groups is 2. The van der Waals surface area contributed by atoms with Gasteiger partial charge in [-0.15, -0.1) is 0 Å². The molecule has 1 aromatic carbocycles. The lowest BCUT2D eigenvalue weighted by molar-refractivity contribution is -0.230. The van der Waals surface area contributed by atoms with E-state index in [0.717, 1.165) is 16.0 Å². The number of hydrogen-bond acceptors (Lipinski definition) is 11. The Morgan fingerprint density at radius 2 is 1.59 bits per heavy atom. The van der Waals surface area contributed by atoms with E-state index in [1.807, 2.05) is 12.1 Å². The summed E-state index contributed by atoms with van der Waals surface area (Å²) >= 11 is 0. The van der Waals surface area contributed by atoms with Gasteiger partial charge in [0.1, 0.15) is 12.1 Å². The fraction of sp³-hybridized carbons (Fsp3) is 0.607. The highest BCUT2D eigenvalue weighted by molar-refractivity contribution is 6.02. The van der Waals surface area contributed by atoms with Crippen LogP contribution < -0.4 is 22.1 Å². The van der Waals surface area contributed by atoms with E-state index in [9.17, 15) is 24.6 Å². The molecule has 4 atom stereocenters. The largest absolute Gasteiger partial charge is 0.370 e. The molecule has 4 aliphatic heterocycles. The third kappa shape index (κ3) is 4.51. The van der Waals surface area contributed by atoms with E-state index in [1.165, 1.54) is 4.90 Å². The molecular weight excluding hydrogens is 528 g/mol. The lowest BCUT2D eigenvalue weighted by atomic mass is 9.79. The highest BCUT2D eigenvalue weighted by Crippen LogP contribution is 2.45. The number of nitrogens with two attached hydrogens (primary N) is 2. The van der Waals surface area contributed by atoms with Crippen molar-refractivity contribution in [1.82, 2.24) is 20.4 Å². The minimum absolute atomic E-state index is 0.0586. The number of amides is 3. The number of imide groups is 1. The van der Waals surface area contributed by atoms with Crippen molar-refractivity contribution in [3.05, 3.63) is 34.9 Å². The number of carbonyl (C=O) groups excluding carboxylic acids is 3. The SMILES string of the molecule is CC(C)(C)c1cc(C(=O)NC2CN3C(N)=NC(CN4C(=O)CCC4=O)[C@@H]4N=C(N)N[C@@]43C2(O)O)cc(C(C)(C)C)c1. The van der Waals surface area contributed by atoms with Gasteiger partial charge < -0.3 is 37.2 Å². The summed E-state index contributed by atoms with van der Waals surface area (Å²) in [5.74, 6) is -3.95. The standard InChI is InChI=1S/C28H40N8O5/c1-25(2,3)15-9-14(10-16(11-15)26(4,5)6)22(39)32-18-13-36-24(30)31-17(12-35-19(37)7-8-20(35)38)21-27(36,28(18,40)41)34-23(29)33-21/h9-11,17-18,21,40-41H,7-8,12-13H2,1-6H3,(H2,30,31)(H,32,39)(H3,29,33,34)/t17?,18?,21-,27-/m0/s1. The molecule has 13 heteroatoms. The van der Waals surface area contributed by atoms with Crippen molar-refractivity contribution in [2.45, 2.75) is 94.8 Å². The van der Waals surface area contributed by atoms with Crippen LogP contribution in [0.4, 0.5) is 0 Å². The Morgan fingerprint density at radius 1 is 1.02 bits per heavy atom. The summed E-state index contributed by atoms with van der Waals surface area (Å²) in [6.07, 6.45) is 0.198. The van der Waals surface area contributed by atoms with Crippen LogP contribution in [0.2, 0.25) is 0 Å². The lowest BCUT2D eigenvalue weighted by Gasteiger charge is -2.49. The molecular formula is C28H40N8O5. The summed E-state index contributed by atoms with van der Waals surface area (Å²) in [5.41, 5.74) is 12.5. The molecule has 1 aromatic rings. The predicted octanol–water partition coefficient (Wildman–Crippen LogP) is -0.795. The molecule has 4 aliphatic rings. The summed E-state index contributed by atoms with van der Waals surface area (Å²) < 4.78 is 0. The molecule has 3 amide bonds. The molecule has 0 radical (unpaired) electrons. The molecule has 0 saturated carbocycles. The number of likely N-dealkylation sites (tertiary alicyclic amines) is 1. The molecule has 2 fully saturated rings. The summed E-state index contributed by atoms with van der Waals surface area (Å²) in [4.78, 5) is 49.7. The Morgan fingerprint density at radius 3 is 2.12 bits per heavy atom. The van der Waals surface area contributed by atoms with E-state index in [1.54, 1.807) is 0 Å². The Kier molecular flexibility index (Phi) is 6.43. The zero-order valence-electron chi connectivity index (χ0n) is 24.4. The Balaban J connectivity index is 1.47. The number of benzene rings is 1. The number of hydrogen-bond donors (Lipinski definition) is 6. The van der Waals surface area contributed by atoms with Gasteiger partial charge in [-0.2, -0.15) is 0 Å². The average molecular weight is 569 g/mol. The van der Waals surface area contributed by atoms with Crippen LogP contribution in [-0.2, 0) is 20.4 Å². The number of guanidine groups is 2. The highest BCUT2D eigenvalue weighted by atomic mass is 16.5. The Hall–Kier alpha value is -3.71. The van der Waals surface area contributed by atoms with Gasteiger partial charge in [0.05, 0.1) is 12.6 Å². The van der Waals surface area contributed by atoms with Gasteiger partial charge in [0.25, 0.3) is 5.91 Å². The second-order valence-electron chi connectivity index (χ2n) is 13.5. The van der Waals surface area contributed by atoms with E-state index in [2.05, 4.69) is 68.2 Å². The van der Waals surface area contributed by atoms with Crippen LogP contribution in [0.5, 0.6) is 0 Å². The van der Waals surface area contributed by atoms with Gasteiger partial charge in [0.15, 0.2) is 17.6 Å². The van der Waals surface area contributed by atoms with Crippen molar-refractivity contribution in [2.75, 3.05) is 13.1 Å². The third-order valence-electron chi connectivity index (χ3n) is 8.56. The molecule has 0 aliphatic carbocycles. The van der Waals surface area contributed by atoms with Gasteiger partial charge in [0, 0.05) is 24.9 Å². The Bertz CT molecular complexity index is 1330. The fourth-order valence-electron chi connectivity index (χ4n) is 6.12. The topological polar surface area (TPSA) is 199 Å². The molecule has 41 heavy (non-hydrogen) atoms. The van der Waals surface area contributed by atoms with Crippen molar-refractivity contribution < 1.29 is 24.6 Å². The number of aliphatic imine (C=N–C) groups is 2. The monoisotopic (exact) mass is 568 g/mol. The van der Waals surface area contributed by atoms with Crippen LogP contribution in [0.25, 0.3) is 0 Å². The summed E-state index contributed by atoms with van der Waals surface area (Å²) in [6, 6.07) is 2.57. The van der Waals surface area contributed by atoms with Crippen molar-refractivity contribution >= 4 is 29.6 Å². The smallest absolute Gasteiger partial charge is 0.251 e. The molecule has 1 spiro atoms. The fourth-order valence-corrected chi connectivity index (χ4v) is 6.12. The van der Waals surface area contributed by atoms with Crippen molar-refractivity contribution in [3.63, 3.8) is 0 Å². The van der Waals surface area contributed by atoms with E-state index >= 15 is 0 Å². The summed E-state index contributed by atoms with van der Waals surface area (Å²) in [5, 5.41) is 29.2. The van der Waals surface area contributed by atoms with Gasteiger partial charge in [-0.05, 0) is 34.1 Å². The van der Waals surface area contributed by atoms with Gasteiger partial charge >= 0.3 is 0 Å². The zero-order valence-corrected chi connectivity index (χ0v) is 24.4. The van der Waals surface area contributed by atoms with Crippen LogP contribution in [-0.4, -0.2) is 92.3 Å². The number of nitrogens with zero attached hydrogens (tertiary/aromatic N) is 4. The van der Waals surface area contributed by atoms with E-state index in [-0.39, 0.29) is 60.5 Å². The molecule has 8 N–H and O–H groups in total. The van der Waals surface area contributed by atoms with E-state index < -0.39 is 35.5 Å². The van der Waals surface area contributed by atoms with Gasteiger partial charge in [-0.3, -0.25) is 19.3 Å². The normalized spacial score (nSPS) is 29.1. The molecule has 0 aromatic heterocycles. The molecule has 4 heterocycles. The maximum absolute atomic E-state index is 13.7. The summed E-state index contributed by atoms with van der Waals surface area (Å²) in [7, 11) is 0. The van der Waals surface area contributed by atoms with E-state index in [4.69, 9.17) is 11.5 Å². The molecule has 2 saturated heterocycles. The van der Waals surface area contributed by atoms with Gasteiger partial charge in [-0.1, -0.05) is 47.6 Å². The molecule has 0 bridgehead atoms. The first-order valence-electron chi connectivity index (χ1n) is 13.8.